The minimum absolute atomic E-state index is 0.0838. The second kappa shape index (κ2) is 5.14. The minimum Gasteiger partial charge on any atom is -0.497 e. The molecule has 0 aliphatic heterocycles. The van der Waals surface area contributed by atoms with E-state index in [0.717, 1.165) is 15.8 Å². The highest BCUT2D eigenvalue weighted by Gasteiger charge is 2.09. The van der Waals surface area contributed by atoms with E-state index in [1.54, 1.807) is 13.2 Å². The number of rotatable bonds is 4. The van der Waals surface area contributed by atoms with Gasteiger partial charge in [-0.1, -0.05) is 22.0 Å². The van der Waals surface area contributed by atoms with Crippen molar-refractivity contribution >= 4 is 15.9 Å². The summed E-state index contributed by atoms with van der Waals surface area (Å²) >= 11 is 3.44. The lowest BCUT2D eigenvalue weighted by molar-refractivity contribution is 0.413. The summed E-state index contributed by atoms with van der Waals surface area (Å²) in [6.45, 7) is 3.70. The number of nitrogens with two attached hydrogens (primary N) is 1. The first-order valence-corrected chi connectivity index (χ1v) is 4.94. The van der Waals surface area contributed by atoms with Gasteiger partial charge >= 0.3 is 0 Å². The molecule has 0 aliphatic rings. The maximum Gasteiger partial charge on any atom is 0.119 e. The van der Waals surface area contributed by atoms with Crippen molar-refractivity contribution in [3.63, 3.8) is 0 Å². The van der Waals surface area contributed by atoms with Crippen LogP contribution < -0.4 is 16.0 Å². The van der Waals surface area contributed by atoms with E-state index in [4.69, 9.17) is 10.6 Å². The number of ether oxygens (including phenoxy) is 1. The number of hydrogen-bond donors (Lipinski definition) is 2. The minimum atomic E-state index is -0.0838. The van der Waals surface area contributed by atoms with E-state index in [2.05, 4.69) is 27.9 Å². The zero-order valence-electron chi connectivity index (χ0n) is 7.96. The summed E-state index contributed by atoms with van der Waals surface area (Å²) in [6.07, 6.45) is 1.74. The van der Waals surface area contributed by atoms with Gasteiger partial charge in [-0.05, 0) is 23.8 Å². The Kier molecular flexibility index (Phi) is 4.13. The van der Waals surface area contributed by atoms with Crippen LogP contribution in [0.15, 0.2) is 35.3 Å². The summed E-state index contributed by atoms with van der Waals surface area (Å²) in [6, 6.07) is 5.63. The Bertz CT molecular complexity index is 328. The number of hydrazine groups is 1. The van der Waals surface area contributed by atoms with Gasteiger partial charge in [0, 0.05) is 4.47 Å². The van der Waals surface area contributed by atoms with Crippen LogP contribution in [-0.2, 0) is 0 Å². The van der Waals surface area contributed by atoms with Crippen molar-refractivity contribution < 1.29 is 4.74 Å². The van der Waals surface area contributed by atoms with Crippen LogP contribution in [0.2, 0.25) is 0 Å². The summed E-state index contributed by atoms with van der Waals surface area (Å²) < 4.78 is 6.10. The molecule has 76 valence electrons. The Balaban J connectivity index is 3.10. The van der Waals surface area contributed by atoms with Crippen LogP contribution in [0, 0.1) is 0 Å². The molecular weight excluding hydrogens is 244 g/mol. The zero-order chi connectivity index (χ0) is 10.6. The molecule has 1 atom stereocenters. The molecule has 1 rings (SSSR count). The number of nitrogens with one attached hydrogen (secondary N) is 1. The first-order chi connectivity index (χ1) is 6.72. The van der Waals surface area contributed by atoms with Crippen LogP contribution in [0.25, 0.3) is 0 Å². The monoisotopic (exact) mass is 256 g/mol. The maximum absolute atomic E-state index is 5.39. The van der Waals surface area contributed by atoms with E-state index in [1.807, 2.05) is 18.2 Å². The molecule has 14 heavy (non-hydrogen) atoms. The first kappa shape index (κ1) is 11.2. The van der Waals surface area contributed by atoms with Gasteiger partial charge in [0.15, 0.2) is 0 Å². The van der Waals surface area contributed by atoms with Crippen molar-refractivity contribution in [3.8, 4) is 5.75 Å². The Morgan fingerprint density at radius 3 is 2.86 bits per heavy atom. The molecule has 0 radical (unpaired) electrons. The lowest BCUT2D eigenvalue weighted by atomic mass is 10.1. The molecule has 0 saturated heterocycles. The van der Waals surface area contributed by atoms with E-state index in [9.17, 15) is 0 Å². The van der Waals surface area contributed by atoms with E-state index in [0.29, 0.717) is 0 Å². The van der Waals surface area contributed by atoms with Gasteiger partial charge in [-0.15, -0.1) is 6.58 Å². The molecular formula is C10H13BrN2O. The van der Waals surface area contributed by atoms with Gasteiger partial charge < -0.3 is 4.74 Å². The van der Waals surface area contributed by atoms with Gasteiger partial charge in [-0.2, -0.15) is 0 Å². The van der Waals surface area contributed by atoms with Gasteiger partial charge in [0.25, 0.3) is 0 Å². The third-order valence-electron chi connectivity index (χ3n) is 1.95. The third kappa shape index (κ3) is 2.35. The standard InChI is InChI=1S/C10H13BrN2O/c1-3-10(13-12)8-6-7(14-2)4-5-9(8)11/h3-6,10,13H,1,12H2,2H3. The molecule has 0 aromatic heterocycles. The molecule has 1 aromatic carbocycles. The predicted octanol–water partition coefficient (Wildman–Crippen LogP) is 2.15. The first-order valence-electron chi connectivity index (χ1n) is 4.15. The molecule has 0 saturated carbocycles. The molecule has 3 nitrogen and oxygen atoms in total. The smallest absolute Gasteiger partial charge is 0.119 e. The van der Waals surface area contributed by atoms with Crippen LogP contribution in [0.5, 0.6) is 5.75 Å². The number of halogens is 1. The lowest BCUT2D eigenvalue weighted by Crippen LogP contribution is -2.26. The largest absolute Gasteiger partial charge is 0.497 e. The van der Waals surface area contributed by atoms with Gasteiger partial charge in [0.2, 0.25) is 0 Å². The zero-order valence-corrected chi connectivity index (χ0v) is 9.54. The second-order valence-corrected chi connectivity index (χ2v) is 3.62. The molecule has 1 unspecified atom stereocenters. The molecule has 4 heteroatoms. The van der Waals surface area contributed by atoms with Gasteiger partial charge in [0.05, 0.1) is 13.2 Å². The van der Waals surface area contributed by atoms with E-state index < -0.39 is 0 Å². The Morgan fingerprint density at radius 2 is 2.36 bits per heavy atom. The number of methoxy groups -OCH3 is 1. The van der Waals surface area contributed by atoms with Gasteiger partial charge in [-0.3, -0.25) is 5.84 Å². The van der Waals surface area contributed by atoms with Crippen molar-refractivity contribution in [2.45, 2.75) is 6.04 Å². The van der Waals surface area contributed by atoms with Crippen LogP contribution in [-0.4, -0.2) is 7.11 Å². The molecule has 0 spiro atoms. The van der Waals surface area contributed by atoms with Crippen LogP contribution in [0.1, 0.15) is 11.6 Å². The average molecular weight is 257 g/mol. The Morgan fingerprint density at radius 1 is 1.64 bits per heavy atom. The maximum atomic E-state index is 5.39. The van der Waals surface area contributed by atoms with Gasteiger partial charge in [-0.25, -0.2) is 5.43 Å². The highest BCUT2D eigenvalue weighted by atomic mass is 79.9. The van der Waals surface area contributed by atoms with Crippen molar-refractivity contribution in [2.24, 2.45) is 5.84 Å². The number of benzene rings is 1. The highest BCUT2D eigenvalue weighted by Crippen LogP contribution is 2.27. The quantitative estimate of drug-likeness (QED) is 0.493. The van der Waals surface area contributed by atoms with Gasteiger partial charge in [0.1, 0.15) is 5.75 Å². The van der Waals surface area contributed by atoms with Crippen LogP contribution >= 0.6 is 15.9 Å². The summed E-state index contributed by atoms with van der Waals surface area (Å²) in [5.74, 6) is 6.19. The summed E-state index contributed by atoms with van der Waals surface area (Å²) in [4.78, 5) is 0. The molecule has 1 aromatic rings. The lowest BCUT2D eigenvalue weighted by Gasteiger charge is -2.14. The predicted molar refractivity (Wildman–Crippen MR) is 61.0 cm³/mol. The normalized spacial score (nSPS) is 12.2. The van der Waals surface area contributed by atoms with E-state index in [1.165, 1.54) is 0 Å². The fourth-order valence-electron chi connectivity index (χ4n) is 1.17. The fourth-order valence-corrected chi connectivity index (χ4v) is 1.67. The van der Waals surface area contributed by atoms with Crippen molar-refractivity contribution in [2.75, 3.05) is 7.11 Å². The number of hydrogen-bond acceptors (Lipinski definition) is 3. The van der Waals surface area contributed by atoms with E-state index >= 15 is 0 Å². The fraction of sp³-hybridized carbons (Fsp3) is 0.200. The van der Waals surface area contributed by atoms with E-state index in [-0.39, 0.29) is 6.04 Å². The topological polar surface area (TPSA) is 47.3 Å². The molecule has 0 fully saturated rings. The SMILES string of the molecule is C=CC(NN)c1cc(OC)ccc1Br. The van der Waals surface area contributed by atoms with Crippen molar-refractivity contribution in [3.05, 3.63) is 40.9 Å². The van der Waals surface area contributed by atoms with Crippen LogP contribution in [0.4, 0.5) is 0 Å². The van der Waals surface area contributed by atoms with Crippen molar-refractivity contribution in [1.82, 2.24) is 5.43 Å². The summed E-state index contributed by atoms with van der Waals surface area (Å²) in [5, 5.41) is 0. The average Bonchev–Trinajstić information content (AvgIpc) is 2.22. The molecule has 3 N–H and O–H groups in total. The molecule has 0 heterocycles. The highest BCUT2D eigenvalue weighted by molar-refractivity contribution is 9.10. The summed E-state index contributed by atoms with van der Waals surface area (Å²) in [7, 11) is 1.63. The molecule has 0 bridgehead atoms. The van der Waals surface area contributed by atoms with Crippen LogP contribution in [0.3, 0.4) is 0 Å². The molecule has 0 aliphatic carbocycles. The Labute approximate surface area is 92.0 Å². The molecule has 0 amide bonds. The van der Waals surface area contributed by atoms with Crippen molar-refractivity contribution in [1.29, 1.82) is 0 Å². The second-order valence-electron chi connectivity index (χ2n) is 2.77. The summed E-state index contributed by atoms with van der Waals surface area (Å²) in [5.41, 5.74) is 3.66. The Hall–Kier alpha value is -0.840. The third-order valence-corrected chi connectivity index (χ3v) is 2.68.